The Morgan fingerprint density at radius 3 is 2.60 bits per heavy atom. The van der Waals surface area contributed by atoms with Crippen molar-refractivity contribution < 1.29 is 9.59 Å². The standard InChI is InChI=1S/C21H22ClN5O2S/c1-12-8-9-13(2)17(10-12)27-18(15-6-5-7-16(22)11-15)25-26-21(27)30-14(3)19(28)24-20(29)23-4/h5-11,14H,1-4H3,(H2,23,24,28,29)/t14-/m1/s1. The third-order valence-electron chi connectivity index (χ3n) is 4.44. The van der Waals surface area contributed by atoms with E-state index in [2.05, 4.69) is 20.8 Å². The summed E-state index contributed by atoms with van der Waals surface area (Å²) < 4.78 is 1.92. The highest BCUT2D eigenvalue weighted by atomic mass is 35.5. The first kappa shape index (κ1) is 21.9. The first-order valence-electron chi connectivity index (χ1n) is 9.28. The maximum Gasteiger partial charge on any atom is 0.321 e. The normalized spacial score (nSPS) is 11.8. The van der Waals surface area contributed by atoms with Crippen molar-refractivity contribution in [2.24, 2.45) is 0 Å². The van der Waals surface area contributed by atoms with Crippen LogP contribution in [0.3, 0.4) is 0 Å². The molecule has 3 aromatic rings. The molecule has 0 aliphatic heterocycles. The first-order chi connectivity index (χ1) is 14.3. The topological polar surface area (TPSA) is 88.9 Å². The number of urea groups is 1. The van der Waals surface area contributed by atoms with Gasteiger partial charge in [-0.1, -0.05) is 47.6 Å². The summed E-state index contributed by atoms with van der Waals surface area (Å²) in [7, 11) is 1.45. The third-order valence-corrected chi connectivity index (χ3v) is 5.71. The van der Waals surface area contributed by atoms with Gasteiger partial charge >= 0.3 is 6.03 Å². The van der Waals surface area contributed by atoms with Crippen LogP contribution in [-0.4, -0.2) is 39.0 Å². The number of nitrogens with one attached hydrogen (secondary N) is 2. The van der Waals surface area contributed by atoms with Crippen LogP contribution in [0, 0.1) is 13.8 Å². The van der Waals surface area contributed by atoms with E-state index in [1.54, 1.807) is 13.0 Å². The molecule has 2 aromatic carbocycles. The zero-order chi connectivity index (χ0) is 21.8. The van der Waals surface area contributed by atoms with Crippen molar-refractivity contribution in [3.05, 3.63) is 58.6 Å². The quantitative estimate of drug-likeness (QED) is 0.578. The predicted molar refractivity (Wildman–Crippen MR) is 119 cm³/mol. The van der Waals surface area contributed by atoms with Gasteiger partial charge in [0.1, 0.15) is 0 Å². The highest BCUT2D eigenvalue weighted by molar-refractivity contribution is 8.00. The molecule has 0 bridgehead atoms. The zero-order valence-corrected chi connectivity index (χ0v) is 18.6. The number of hydrogen-bond donors (Lipinski definition) is 2. The van der Waals surface area contributed by atoms with Crippen LogP contribution >= 0.6 is 23.4 Å². The van der Waals surface area contributed by atoms with Crippen LogP contribution in [0.1, 0.15) is 18.1 Å². The first-order valence-corrected chi connectivity index (χ1v) is 10.5. The van der Waals surface area contributed by atoms with Gasteiger partial charge in [0, 0.05) is 17.6 Å². The van der Waals surface area contributed by atoms with Gasteiger partial charge in [-0.3, -0.25) is 14.7 Å². The summed E-state index contributed by atoms with van der Waals surface area (Å²) >= 11 is 7.42. The Hall–Kier alpha value is -2.84. The van der Waals surface area contributed by atoms with E-state index in [4.69, 9.17) is 11.6 Å². The molecule has 0 unspecified atom stereocenters. The van der Waals surface area contributed by atoms with E-state index in [0.29, 0.717) is 16.0 Å². The molecule has 0 aliphatic rings. The molecule has 1 aromatic heterocycles. The van der Waals surface area contributed by atoms with Crippen LogP contribution in [0.15, 0.2) is 47.6 Å². The monoisotopic (exact) mass is 443 g/mol. The molecule has 0 saturated heterocycles. The number of halogens is 1. The molecule has 156 valence electrons. The van der Waals surface area contributed by atoms with Gasteiger partial charge in [0.05, 0.1) is 10.9 Å². The molecule has 30 heavy (non-hydrogen) atoms. The lowest BCUT2D eigenvalue weighted by Crippen LogP contribution is -2.41. The number of amides is 3. The second kappa shape index (κ2) is 9.32. The Morgan fingerprint density at radius 1 is 1.13 bits per heavy atom. The molecular weight excluding hydrogens is 422 g/mol. The lowest BCUT2D eigenvalue weighted by Gasteiger charge is -2.16. The Morgan fingerprint density at radius 2 is 1.90 bits per heavy atom. The molecule has 0 saturated carbocycles. The number of hydrogen-bond acceptors (Lipinski definition) is 5. The predicted octanol–water partition coefficient (Wildman–Crippen LogP) is 4.14. The lowest BCUT2D eigenvalue weighted by molar-refractivity contribution is -0.119. The van der Waals surface area contributed by atoms with Crippen LogP contribution in [0.5, 0.6) is 0 Å². The smallest absolute Gasteiger partial charge is 0.321 e. The van der Waals surface area contributed by atoms with Gasteiger partial charge in [-0.2, -0.15) is 0 Å². The van der Waals surface area contributed by atoms with Crippen molar-refractivity contribution in [1.29, 1.82) is 0 Å². The van der Waals surface area contributed by atoms with Crippen molar-refractivity contribution in [2.45, 2.75) is 31.2 Å². The fourth-order valence-electron chi connectivity index (χ4n) is 2.83. The number of nitrogens with zero attached hydrogens (tertiary/aromatic N) is 3. The highest BCUT2D eigenvalue weighted by Crippen LogP contribution is 2.32. The molecule has 3 amide bonds. The minimum Gasteiger partial charge on any atom is -0.341 e. The number of rotatable bonds is 5. The summed E-state index contributed by atoms with van der Waals surface area (Å²) in [5.74, 6) is 0.201. The maximum absolute atomic E-state index is 12.3. The minimum absolute atomic E-state index is 0.417. The van der Waals surface area contributed by atoms with Gasteiger partial charge in [0.15, 0.2) is 11.0 Å². The lowest BCUT2D eigenvalue weighted by atomic mass is 10.1. The van der Waals surface area contributed by atoms with Crippen LogP contribution in [0.2, 0.25) is 5.02 Å². The largest absolute Gasteiger partial charge is 0.341 e. The maximum atomic E-state index is 12.3. The Bertz CT molecular complexity index is 1100. The van der Waals surface area contributed by atoms with Crippen molar-refractivity contribution in [3.8, 4) is 17.1 Å². The van der Waals surface area contributed by atoms with Crippen LogP contribution < -0.4 is 10.6 Å². The number of aryl methyl sites for hydroxylation is 2. The SMILES string of the molecule is CNC(=O)NC(=O)[C@@H](C)Sc1nnc(-c2cccc(Cl)c2)n1-c1cc(C)ccc1C. The number of thioether (sulfide) groups is 1. The summed E-state index contributed by atoms with van der Waals surface area (Å²) in [6, 6.07) is 12.9. The van der Waals surface area contributed by atoms with Crippen molar-refractivity contribution in [1.82, 2.24) is 25.4 Å². The van der Waals surface area contributed by atoms with Gasteiger partial charge < -0.3 is 5.32 Å². The summed E-state index contributed by atoms with van der Waals surface area (Å²) in [5.41, 5.74) is 3.84. The van der Waals surface area contributed by atoms with Crippen LogP contribution in [-0.2, 0) is 4.79 Å². The molecule has 0 aliphatic carbocycles. The summed E-state index contributed by atoms with van der Waals surface area (Å²) in [4.78, 5) is 23.8. The molecule has 0 radical (unpaired) electrons. The highest BCUT2D eigenvalue weighted by Gasteiger charge is 2.23. The zero-order valence-electron chi connectivity index (χ0n) is 17.1. The van der Waals surface area contributed by atoms with E-state index in [1.165, 1.54) is 18.8 Å². The second-order valence-corrected chi connectivity index (χ2v) is 8.51. The van der Waals surface area contributed by atoms with Gasteiger partial charge in [0.2, 0.25) is 5.91 Å². The number of carbonyl (C=O) groups is 2. The number of imide groups is 1. The molecule has 7 nitrogen and oxygen atoms in total. The molecule has 0 fully saturated rings. The van der Waals surface area contributed by atoms with Crippen LogP contribution in [0.25, 0.3) is 17.1 Å². The van der Waals surface area contributed by atoms with Crippen molar-refractivity contribution in [2.75, 3.05) is 7.05 Å². The average Bonchev–Trinajstić information content (AvgIpc) is 3.12. The molecule has 3 rings (SSSR count). The van der Waals surface area contributed by atoms with E-state index < -0.39 is 17.2 Å². The van der Waals surface area contributed by atoms with E-state index in [-0.39, 0.29) is 0 Å². The van der Waals surface area contributed by atoms with E-state index in [9.17, 15) is 9.59 Å². The molecule has 0 spiro atoms. The fourth-order valence-corrected chi connectivity index (χ4v) is 3.88. The Balaban J connectivity index is 2.07. The number of carbonyl (C=O) groups excluding carboxylic acids is 2. The van der Waals surface area contributed by atoms with Gasteiger partial charge in [-0.05, 0) is 50.1 Å². The fraction of sp³-hybridized carbons (Fsp3) is 0.238. The van der Waals surface area contributed by atoms with Gasteiger partial charge in [-0.25, -0.2) is 4.79 Å². The third kappa shape index (κ3) is 4.83. The van der Waals surface area contributed by atoms with Gasteiger partial charge in [-0.15, -0.1) is 10.2 Å². The van der Waals surface area contributed by atoms with E-state index >= 15 is 0 Å². The van der Waals surface area contributed by atoms with E-state index in [1.807, 2.05) is 54.8 Å². The summed E-state index contributed by atoms with van der Waals surface area (Å²) in [6.45, 7) is 5.73. The average molecular weight is 444 g/mol. The summed E-state index contributed by atoms with van der Waals surface area (Å²) in [6.07, 6.45) is 0. The second-order valence-electron chi connectivity index (χ2n) is 6.77. The molecule has 1 atom stereocenters. The summed E-state index contributed by atoms with van der Waals surface area (Å²) in [5, 5.41) is 14.0. The van der Waals surface area contributed by atoms with Crippen molar-refractivity contribution >= 4 is 35.3 Å². The minimum atomic E-state index is -0.567. The molecule has 2 N–H and O–H groups in total. The Kier molecular flexibility index (Phi) is 6.79. The molecular formula is C21H22ClN5O2S. The van der Waals surface area contributed by atoms with Gasteiger partial charge in [0.25, 0.3) is 0 Å². The molecule has 1 heterocycles. The number of aromatic nitrogens is 3. The number of benzene rings is 2. The Labute approximate surface area is 184 Å². The van der Waals surface area contributed by atoms with Crippen molar-refractivity contribution in [3.63, 3.8) is 0 Å². The van der Waals surface area contributed by atoms with Crippen LogP contribution in [0.4, 0.5) is 4.79 Å². The molecule has 9 heteroatoms. The van der Waals surface area contributed by atoms with E-state index in [0.717, 1.165) is 22.4 Å².